The van der Waals surface area contributed by atoms with Gasteiger partial charge < -0.3 is 9.30 Å². The molecule has 1 aromatic carbocycles. The maximum absolute atomic E-state index is 12.8. The molecule has 0 unspecified atom stereocenters. The highest BCUT2D eigenvalue weighted by atomic mass is 32.2. The highest BCUT2D eigenvalue weighted by Crippen LogP contribution is 2.41. The van der Waals surface area contributed by atoms with Gasteiger partial charge in [-0.25, -0.2) is 13.4 Å². The number of para-hydroxylation sites is 1. The van der Waals surface area contributed by atoms with Crippen molar-refractivity contribution in [1.82, 2.24) is 13.9 Å². The summed E-state index contributed by atoms with van der Waals surface area (Å²) in [5, 5.41) is 0.130. The van der Waals surface area contributed by atoms with Crippen molar-refractivity contribution in [1.29, 1.82) is 0 Å². The molecule has 2 aromatic rings. The average molecular weight is 347 g/mol. The van der Waals surface area contributed by atoms with Crippen LogP contribution in [-0.4, -0.2) is 41.5 Å². The molecule has 1 saturated carbocycles. The molecule has 3 atom stereocenters. The number of hydrogen-bond acceptors (Lipinski definition) is 4. The minimum Gasteiger partial charge on any atom is -0.490 e. The number of imidazole rings is 1. The molecule has 2 fully saturated rings. The first-order valence-corrected chi connectivity index (χ1v) is 9.68. The van der Waals surface area contributed by atoms with Crippen LogP contribution in [0.1, 0.15) is 12.8 Å². The molecule has 4 rings (SSSR count). The van der Waals surface area contributed by atoms with Crippen LogP contribution >= 0.6 is 0 Å². The Kier molecular flexibility index (Phi) is 3.85. The molecule has 2 heterocycles. The lowest BCUT2D eigenvalue weighted by Crippen LogP contribution is -2.32. The highest BCUT2D eigenvalue weighted by Gasteiger charge is 2.47. The normalized spacial score (nSPS) is 27.3. The number of sulfonamides is 1. The zero-order valence-electron chi connectivity index (χ0n) is 13.6. The number of hydrogen-bond donors (Lipinski definition) is 0. The van der Waals surface area contributed by atoms with Gasteiger partial charge in [-0.15, -0.1) is 0 Å². The molecule has 24 heavy (non-hydrogen) atoms. The summed E-state index contributed by atoms with van der Waals surface area (Å²) < 4.78 is 34.9. The summed E-state index contributed by atoms with van der Waals surface area (Å²) in [4.78, 5) is 4.01. The molecule has 1 aliphatic heterocycles. The number of aromatic nitrogens is 2. The van der Waals surface area contributed by atoms with Gasteiger partial charge >= 0.3 is 0 Å². The number of nitrogens with zero attached hydrogens (tertiary/aromatic N) is 3. The SMILES string of the molecule is Cn1cnc(S(=O)(=O)N2C[C@@H]3CC[C@H](Oc4ccccc4)[C@@H]3C2)c1. The van der Waals surface area contributed by atoms with E-state index in [0.29, 0.717) is 19.0 Å². The van der Waals surface area contributed by atoms with E-state index in [2.05, 4.69) is 4.98 Å². The second-order valence-electron chi connectivity index (χ2n) is 6.67. The molecule has 1 aliphatic carbocycles. The Morgan fingerprint density at radius 2 is 1.96 bits per heavy atom. The fourth-order valence-electron chi connectivity index (χ4n) is 3.85. The summed E-state index contributed by atoms with van der Waals surface area (Å²) in [7, 11) is -1.74. The Balaban J connectivity index is 1.50. The third-order valence-corrected chi connectivity index (χ3v) is 6.79. The van der Waals surface area contributed by atoms with Gasteiger partial charge in [0.2, 0.25) is 0 Å². The highest BCUT2D eigenvalue weighted by molar-refractivity contribution is 7.89. The molecule has 0 bridgehead atoms. The van der Waals surface area contributed by atoms with Gasteiger partial charge in [-0.1, -0.05) is 18.2 Å². The van der Waals surface area contributed by atoms with Crippen molar-refractivity contribution in [2.45, 2.75) is 24.0 Å². The molecule has 0 radical (unpaired) electrons. The van der Waals surface area contributed by atoms with Crippen molar-refractivity contribution in [3.63, 3.8) is 0 Å². The molecule has 128 valence electrons. The topological polar surface area (TPSA) is 64.4 Å². The quantitative estimate of drug-likeness (QED) is 0.847. The van der Waals surface area contributed by atoms with Crippen molar-refractivity contribution in [2.24, 2.45) is 18.9 Å². The maximum Gasteiger partial charge on any atom is 0.262 e. The van der Waals surface area contributed by atoms with E-state index < -0.39 is 10.0 Å². The van der Waals surface area contributed by atoms with Crippen LogP contribution in [0.4, 0.5) is 0 Å². The van der Waals surface area contributed by atoms with Crippen LogP contribution in [0.2, 0.25) is 0 Å². The number of rotatable bonds is 4. The Morgan fingerprint density at radius 1 is 1.17 bits per heavy atom. The van der Waals surface area contributed by atoms with Crippen molar-refractivity contribution in [2.75, 3.05) is 13.1 Å². The average Bonchev–Trinajstić information content (AvgIpc) is 3.26. The lowest BCUT2D eigenvalue weighted by Gasteiger charge is -2.21. The number of benzene rings is 1. The van der Waals surface area contributed by atoms with Crippen molar-refractivity contribution >= 4 is 10.0 Å². The summed E-state index contributed by atoms with van der Waals surface area (Å²) in [5.41, 5.74) is 0. The van der Waals surface area contributed by atoms with Gasteiger partial charge in [0.05, 0.1) is 6.33 Å². The van der Waals surface area contributed by atoms with E-state index in [1.54, 1.807) is 22.1 Å². The zero-order valence-corrected chi connectivity index (χ0v) is 14.4. The molecule has 0 amide bonds. The third-order valence-electron chi connectivity index (χ3n) is 5.07. The van der Waals surface area contributed by atoms with Gasteiger partial charge in [0, 0.05) is 32.3 Å². The largest absolute Gasteiger partial charge is 0.490 e. The number of fused-ring (bicyclic) bond motifs is 1. The molecule has 7 heteroatoms. The fourth-order valence-corrected chi connectivity index (χ4v) is 5.35. The number of aryl methyl sites for hydroxylation is 1. The summed E-state index contributed by atoms with van der Waals surface area (Å²) in [5.74, 6) is 1.48. The van der Waals surface area contributed by atoms with Gasteiger partial charge in [-0.3, -0.25) is 0 Å². The first-order valence-electron chi connectivity index (χ1n) is 8.24. The van der Waals surface area contributed by atoms with Crippen LogP contribution < -0.4 is 4.74 Å². The van der Waals surface area contributed by atoms with Gasteiger partial charge in [0.15, 0.2) is 5.03 Å². The summed E-state index contributed by atoms with van der Waals surface area (Å²) >= 11 is 0. The lowest BCUT2D eigenvalue weighted by atomic mass is 9.99. The molecule has 0 N–H and O–H groups in total. The molecule has 1 aromatic heterocycles. The van der Waals surface area contributed by atoms with Crippen LogP contribution in [0, 0.1) is 11.8 Å². The lowest BCUT2D eigenvalue weighted by molar-refractivity contribution is 0.155. The smallest absolute Gasteiger partial charge is 0.262 e. The van der Waals surface area contributed by atoms with Crippen LogP contribution in [0.3, 0.4) is 0 Å². The standard InChI is InChI=1S/C17H21N3O3S/c1-19-11-17(18-12-19)24(21,22)20-9-13-7-8-16(15(13)10-20)23-14-5-3-2-4-6-14/h2-6,11-13,15-16H,7-10H2,1H3/t13-,15+,16-/m0/s1. The predicted molar refractivity (Wildman–Crippen MR) is 89.0 cm³/mol. The Bertz CT molecular complexity index is 819. The van der Waals surface area contributed by atoms with Crippen LogP contribution in [0.25, 0.3) is 0 Å². The van der Waals surface area contributed by atoms with Crippen LogP contribution in [0.5, 0.6) is 5.75 Å². The Labute approximate surface area is 142 Å². The van der Waals surface area contributed by atoms with Gasteiger partial charge in [0.25, 0.3) is 10.0 Å². The monoisotopic (exact) mass is 347 g/mol. The summed E-state index contributed by atoms with van der Waals surface area (Å²) in [6, 6.07) is 9.76. The second-order valence-corrected chi connectivity index (χ2v) is 8.55. The second kappa shape index (κ2) is 5.89. The molecule has 2 aliphatic rings. The van der Waals surface area contributed by atoms with E-state index in [1.807, 2.05) is 30.3 Å². The Morgan fingerprint density at radius 3 is 2.67 bits per heavy atom. The first-order chi connectivity index (χ1) is 11.5. The van der Waals surface area contributed by atoms with E-state index in [0.717, 1.165) is 18.6 Å². The van der Waals surface area contributed by atoms with E-state index in [4.69, 9.17) is 4.74 Å². The van der Waals surface area contributed by atoms with E-state index in [-0.39, 0.29) is 17.0 Å². The van der Waals surface area contributed by atoms with Gasteiger partial charge in [-0.2, -0.15) is 4.31 Å². The minimum absolute atomic E-state index is 0.0846. The maximum atomic E-state index is 12.8. The van der Waals surface area contributed by atoms with Crippen molar-refractivity contribution < 1.29 is 13.2 Å². The molecular weight excluding hydrogens is 326 g/mol. The van der Waals surface area contributed by atoms with E-state index in [9.17, 15) is 8.42 Å². The van der Waals surface area contributed by atoms with Gasteiger partial charge in [-0.05, 0) is 30.9 Å². The fraction of sp³-hybridized carbons (Fsp3) is 0.471. The Hall–Kier alpha value is -1.86. The number of ether oxygens (including phenoxy) is 1. The van der Waals surface area contributed by atoms with Gasteiger partial charge in [0.1, 0.15) is 11.9 Å². The molecule has 6 nitrogen and oxygen atoms in total. The molecular formula is C17H21N3O3S. The van der Waals surface area contributed by atoms with Crippen LogP contribution in [0.15, 0.2) is 47.9 Å². The predicted octanol–water partition coefficient (Wildman–Crippen LogP) is 1.90. The van der Waals surface area contributed by atoms with E-state index in [1.165, 1.54) is 6.33 Å². The van der Waals surface area contributed by atoms with Crippen molar-refractivity contribution in [3.05, 3.63) is 42.9 Å². The summed E-state index contributed by atoms with van der Waals surface area (Å²) in [6.45, 7) is 1.08. The van der Waals surface area contributed by atoms with E-state index >= 15 is 0 Å². The van der Waals surface area contributed by atoms with Crippen LogP contribution in [-0.2, 0) is 17.1 Å². The first kappa shape index (κ1) is 15.7. The summed E-state index contributed by atoms with van der Waals surface area (Å²) in [6.07, 6.45) is 5.16. The molecule has 1 saturated heterocycles. The minimum atomic E-state index is -3.51. The molecule has 0 spiro atoms. The van der Waals surface area contributed by atoms with Crippen molar-refractivity contribution in [3.8, 4) is 5.75 Å². The zero-order chi connectivity index (χ0) is 16.7. The third kappa shape index (κ3) is 2.71.